The Bertz CT molecular complexity index is 1490. The number of hydrogen-bond donors (Lipinski definition) is 2. The summed E-state index contributed by atoms with van der Waals surface area (Å²) in [7, 11) is -2.37. The predicted octanol–water partition coefficient (Wildman–Crippen LogP) is 5.55. The number of nitrogens with one attached hydrogen (secondary N) is 2. The van der Waals surface area contributed by atoms with E-state index in [1.807, 2.05) is 31.2 Å². The summed E-state index contributed by atoms with van der Waals surface area (Å²) in [5.41, 5.74) is 3.48. The van der Waals surface area contributed by atoms with Crippen LogP contribution in [0.5, 0.6) is 0 Å². The second kappa shape index (κ2) is 11.4. The van der Waals surface area contributed by atoms with Crippen LogP contribution >= 0.6 is 23.4 Å². The molecule has 0 unspecified atom stereocenters. The highest BCUT2D eigenvalue weighted by Crippen LogP contribution is 2.40. The molecule has 0 spiro atoms. The van der Waals surface area contributed by atoms with Gasteiger partial charge in [0.15, 0.2) is 9.84 Å². The largest absolute Gasteiger partial charge is 0.468 e. The van der Waals surface area contributed by atoms with Gasteiger partial charge in [-0.2, -0.15) is 0 Å². The van der Waals surface area contributed by atoms with Crippen LogP contribution in [0.1, 0.15) is 23.6 Å². The number of ether oxygens (including phenoxy) is 1. The van der Waals surface area contributed by atoms with Crippen molar-refractivity contribution < 1.29 is 22.7 Å². The maximum atomic E-state index is 13.2. The zero-order valence-corrected chi connectivity index (χ0v) is 22.6. The van der Waals surface area contributed by atoms with Gasteiger partial charge >= 0.3 is 5.97 Å². The summed E-state index contributed by atoms with van der Waals surface area (Å²) in [6.07, 6.45) is 2.42. The molecule has 1 aliphatic heterocycles. The number of carbonyl (C=O) groups excluding carboxylic acids is 2. The summed E-state index contributed by atoms with van der Waals surface area (Å²) < 4.78 is 31.0. The molecule has 4 rings (SSSR count). The van der Waals surface area contributed by atoms with Crippen molar-refractivity contribution in [2.75, 3.05) is 24.3 Å². The summed E-state index contributed by atoms with van der Waals surface area (Å²) in [5, 5.41) is 6.19. The number of carbonyl (C=O) groups is 2. The normalized spacial score (nSPS) is 14.1. The molecule has 192 valence electrons. The number of thioether (sulfide) groups is 1. The average Bonchev–Trinajstić information content (AvgIpc) is 2.89. The average molecular weight is 557 g/mol. The fourth-order valence-electron chi connectivity index (χ4n) is 3.80. The molecule has 37 heavy (non-hydrogen) atoms. The molecule has 0 radical (unpaired) electrons. The fourth-order valence-corrected chi connectivity index (χ4v) is 6.53. The molecule has 7 nitrogen and oxygen atoms in total. The number of benzene rings is 3. The molecule has 1 heterocycles. The number of methoxy groups -OCH3 is 1. The minimum absolute atomic E-state index is 0.0574. The van der Waals surface area contributed by atoms with E-state index in [1.165, 1.54) is 24.9 Å². The van der Waals surface area contributed by atoms with Crippen LogP contribution in [0.3, 0.4) is 0 Å². The minimum atomic E-state index is -3.69. The molecule has 3 aromatic carbocycles. The lowest BCUT2D eigenvalue weighted by Crippen LogP contribution is -2.18. The number of anilines is 2. The molecule has 0 bridgehead atoms. The van der Waals surface area contributed by atoms with Gasteiger partial charge in [0.25, 0.3) is 5.91 Å². The zero-order valence-electron chi connectivity index (χ0n) is 20.2. The van der Waals surface area contributed by atoms with Gasteiger partial charge in [0.05, 0.1) is 28.4 Å². The lowest BCUT2D eigenvalue weighted by Gasteiger charge is -2.20. The SMILES string of the molecule is CCc1cccc(Cl)c1CS(=O)(=O)c1ccc2c(c1)NC(=O)/C(=C/c1ccc(NCC(=O)OC)cc1)S2. The van der Waals surface area contributed by atoms with Crippen molar-refractivity contribution in [2.45, 2.75) is 28.9 Å². The molecular weight excluding hydrogens is 532 g/mol. The molecule has 3 aromatic rings. The van der Waals surface area contributed by atoms with Gasteiger partial charge in [-0.15, -0.1) is 0 Å². The molecular formula is C27H25ClN2O5S2. The summed E-state index contributed by atoms with van der Waals surface area (Å²) >= 11 is 7.58. The first-order chi connectivity index (χ1) is 17.7. The lowest BCUT2D eigenvalue weighted by molar-refractivity contribution is -0.138. The molecule has 0 fully saturated rings. The molecule has 0 saturated carbocycles. The van der Waals surface area contributed by atoms with E-state index >= 15 is 0 Å². The third-order valence-electron chi connectivity index (χ3n) is 5.81. The Kier molecular flexibility index (Phi) is 8.26. The van der Waals surface area contributed by atoms with Gasteiger partial charge in [-0.05, 0) is 65.6 Å². The second-order valence-electron chi connectivity index (χ2n) is 8.26. The first kappa shape index (κ1) is 26.8. The summed E-state index contributed by atoms with van der Waals surface area (Å²) in [6.45, 7) is 2.01. The van der Waals surface area contributed by atoms with Crippen molar-refractivity contribution in [2.24, 2.45) is 0 Å². The Balaban J connectivity index is 1.52. The molecule has 2 N–H and O–H groups in total. The fraction of sp³-hybridized carbons (Fsp3) is 0.185. The minimum Gasteiger partial charge on any atom is -0.468 e. The lowest BCUT2D eigenvalue weighted by atomic mass is 10.1. The highest BCUT2D eigenvalue weighted by atomic mass is 35.5. The molecule has 10 heteroatoms. The first-order valence-corrected chi connectivity index (χ1v) is 14.3. The number of hydrogen-bond acceptors (Lipinski definition) is 7. The number of fused-ring (bicyclic) bond motifs is 1. The Morgan fingerprint density at radius 1 is 1.14 bits per heavy atom. The van der Waals surface area contributed by atoms with E-state index in [4.69, 9.17) is 11.6 Å². The molecule has 1 amide bonds. The van der Waals surface area contributed by atoms with Crippen LogP contribution in [-0.4, -0.2) is 33.9 Å². The van der Waals surface area contributed by atoms with Crippen LogP contribution in [0, 0.1) is 0 Å². The van der Waals surface area contributed by atoms with Crippen molar-refractivity contribution >= 4 is 62.5 Å². The van der Waals surface area contributed by atoms with Crippen LogP contribution in [0.25, 0.3) is 6.08 Å². The van der Waals surface area contributed by atoms with Crippen LogP contribution in [0.4, 0.5) is 11.4 Å². The van der Waals surface area contributed by atoms with E-state index in [1.54, 1.807) is 36.4 Å². The Morgan fingerprint density at radius 2 is 1.89 bits per heavy atom. The van der Waals surface area contributed by atoms with Gasteiger partial charge < -0.3 is 15.4 Å². The Morgan fingerprint density at radius 3 is 2.59 bits per heavy atom. The van der Waals surface area contributed by atoms with Crippen molar-refractivity contribution in [3.63, 3.8) is 0 Å². The van der Waals surface area contributed by atoms with Crippen molar-refractivity contribution in [1.29, 1.82) is 0 Å². The molecule has 0 atom stereocenters. The quantitative estimate of drug-likeness (QED) is 0.277. The van der Waals surface area contributed by atoms with Crippen molar-refractivity contribution in [3.8, 4) is 0 Å². The summed E-state index contributed by atoms with van der Waals surface area (Å²) in [4.78, 5) is 25.4. The molecule has 0 aromatic heterocycles. The smallest absolute Gasteiger partial charge is 0.325 e. The highest BCUT2D eigenvalue weighted by molar-refractivity contribution is 8.04. The topological polar surface area (TPSA) is 102 Å². The van der Waals surface area contributed by atoms with Gasteiger partial charge in [0.2, 0.25) is 0 Å². The Labute approximate surface area is 225 Å². The van der Waals surface area contributed by atoms with Crippen LogP contribution in [-0.2, 0) is 36.3 Å². The van der Waals surface area contributed by atoms with E-state index in [-0.39, 0.29) is 29.1 Å². The van der Waals surface area contributed by atoms with Gasteiger partial charge in [0.1, 0.15) is 6.54 Å². The van der Waals surface area contributed by atoms with E-state index in [0.717, 1.165) is 21.7 Å². The Hall–Kier alpha value is -3.27. The molecule has 1 aliphatic rings. The third-order valence-corrected chi connectivity index (χ3v) is 8.90. The predicted molar refractivity (Wildman–Crippen MR) is 148 cm³/mol. The molecule has 0 saturated heterocycles. The van der Waals surface area contributed by atoms with Crippen LogP contribution in [0.15, 0.2) is 75.4 Å². The number of amides is 1. The third kappa shape index (κ3) is 6.36. The van der Waals surface area contributed by atoms with Crippen molar-refractivity contribution in [3.05, 3.63) is 87.3 Å². The number of rotatable bonds is 8. The number of sulfone groups is 1. The zero-order chi connectivity index (χ0) is 26.6. The monoisotopic (exact) mass is 556 g/mol. The van der Waals surface area contributed by atoms with Crippen LogP contribution < -0.4 is 10.6 Å². The second-order valence-corrected chi connectivity index (χ2v) is 11.7. The van der Waals surface area contributed by atoms with Gasteiger partial charge in [-0.3, -0.25) is 9.59 Å². The van der Waals surface area contributed by atoms with Gasteiger partial charge in [-0.25, -0.2) is 8.42 Å². The van der Waals surface area contributed by atoms with Crippen molar-refractivity contribution in [1.82, 2.24) is 0 Å². The summed E-state index contributed by atoms with van der Waals surface area (Å²) in [5.74, 6) is -0.907. The van der Waals surface area contributed by atoms with E-state index in [2.05, 4.69) is 15.4 Å². The van der Waals surface area contributed by atoms with Gasteiger partial charge in [-0.1, -0.05) is 54.6 Å². The van der Waals surface area contributed by atoms with E-state index < -0.39 is 9.84 Å². The standard InChI is InChI=1S/C27H25ClN2O5S2/c1-3-18-5-4-6-22(28)21(18)16-37(33,34)20-11-12-24-23(14-20)30-27(32)25(36-24)13-17-7-9-19(10-8-17)29-15-26(31)35-2/h4-14,29H,3,15-16H2,1-2H3,(H,30,32)/b25-13-. The van der Waals surface area contributed by atoms with Crippen LogP contribution in [0.2, 0.25) is 5.02 Å². The summed E-state index contributed by atoms with van der Waals surface area (Å²) in [6, 6.07) is 17.4. The maximum Gasteiger partial charge on any atom is 0.325 e. The molecule has 0 aliphatic carbocycles. The number of aryl methyl sites for hydroxylation is 1. The maximum absolute atomic E-state index is 13.2. The number of esters is 1. The van der Waals surface area contributed by atoms with E-state index in [9.17, 15) is 18.0 Å². The van der Waals surface area contributed by atoms with Gasteiger partial charge in [0, 0.05) is 15.6 Å². The first-order valence-electron chi connectivity index (χ1n) is 11.4. The van der Waals surface area contributed by atoms with E-state index in [0.29, 0.717) is 27.6 Å². The highest BCUT2D eigenvalue weighted by Gasteiger charge is 2.25. The number of halogens is 1.